The maximum atomic E-state index is 14.1. The highest BCUT2D eigenvalue weighted by Gasteiger charge is 2.18. The van der Waals surface area contributed by atoms with Gasteiger partial charge in [0, 0.05) is 25.0 Å². The average molecular weight is 320 g/mol. The van der Waals surface area contributed by atoms with Gasteiger partial charge in [-0.05, 0) is 24.5 Å². The van der Waals surface area contributed by atoms with Gasteiger partial charge in [-0.15, -0.1) is 11.8 Å². The number of halogens is 1. The molecule has 22 heavy (non-hydrogen) atoms. The molecule has 5 nitrogen and oxygen atoms in total. The van der Waals surface area contributed by atoms with Gasteiger partial charge in [-0.1, -0.05) is 0 Å². The molecule has 116 valence electrons. The van der Waals surface area contributed by atoms with Crippen molar-refractivity contribution in [3.63, 3.8) is 0 Å². The minimum absolute atomic E-state index is 0.358. The van der Waals surface area contributed by atoms with Crippen molar-refractivity contribution < 1.29 is 9.13 Å². The zero-order chi connectivity index (χ0) is 15.5. The van der Waals surface area contributed by atoms with Gasteiger partial charge >= 0.3 is 0 Å². The van der Waals surface area contributed by atoms with Gasteiger partial charge in [0.15, 0.2) is 5.82 Å². The second kappa shape index (κ2) is 6.50. The van der Waals surface area contributed by atoms with Crippen LogP contribution in [0.3, 0.4) is 0 Å². The quantitative estimate of drug-likeness (QED) is 0.692. The number of morpholine rings is 1. The highest BCUT2D eigenvalue weighted by Crippen LogP contribution is 2.30. The number of nitrogens with two attached hydrogens (primary N) is 1. The zero-order valence-electron chi connectivity index (χ0n) is 12.3. The Kier molecular flexibility index (Phi) is 4.44. The first kappa shape index (κ1) is 15.1. The van der Waals surface area contributed by atoms with Crippen molar-refractivity contribution in [1.29, 1.82) is 0 Å². The number of rotatable bonds is 3. The number of hydrogen-bond acceptors (Lipinski definition) is 6. The molecule has 0 bridgehead atoms. The lowest BCUT2D eigenvalue weighted by Crippen LogP contribution is -2.37. The number of aromatic nitrogens is 2. The lowest BCUT2D eigenvalue weighted by atomic mass is 10.2. The third-order valence-corrected chi connectivity index (χ3v) is 4.23. The molecule has 0 unspecified atom stereocenters. The minimum Gasteiger partial charge on any atom is -0.399 e. The summed E-state index contributed by atoms with van der Waals surface area (Å²) in [6, 6.07) is 4.55. The molecule has 1 aromatic heterocycles. The molecule has 1 aliphatic heterocycles. The van der Waals surface area contributed by atoms with Crippen LogP contribution in [-0.2, 0) is 4.74 Å². The van der Waals surface area contributed by atoms with Crippen molar-refractivity contribution in [3.05, 3.63) is 30.2 Å². The Labute approximate surface area is 132 Å². The third-order valence-electron chi connectivity index (χ3n) is 3.50. The fourth-order valence-corrected chi connectivity index (χ4v) is 2.87. The van der Waals surface area contributed by atoms with E-state index in [9.17, 15) is 4.39 Å². The van der Waals surface area contributed by atoms with Crippen LogP contribution in [-0.4, -0.2) is 42.5 Å². The van der Waals surface area contributed by atoms with E-state index in [0.29, 0.717) is 30.3 Å². The van der Waals surface area contributed by atoms with Crippen LogP contribution in [0.5, 0.6) is 0 Å². The lowest BCUT2D eigenvalue weighted by molar-refractivity contribution is 0.122. The van der Waals surface area contributed by atoms with Crippen molar-refractivity contribution in [1.82, 2.24) is 9.97 Å². The fraction of sp³-hybridized carbons (Fsp3) is 0.333. The van der Waals surface area contributed by atoms with Crippen molar-refractivity contribution in [2.75, 3.05) is 43.2 Å². The normalized spacial score (nSPS) is 15.1. The van der Waals surface area contributed by atoms with Gasteiger partial charge in [-0.25, -0.2) is 14.4 Å². The zero-order valence-corrected chi connectivity index (χ0v) is 13.1. The van der Waals surface area contributed by atoms with Gasteiger partial charge in [-0.2, -0.15) is 0 Å². The Hall–Kier alpha value is -1.86. The van der Waals surface area contributed by atoms with Crippen molar-refractivity contribution in [2.24, 2.45) is 0 Å². The van der Waals surface area contributed by atoms with Crippen LogP contribution in [0, 0.1) is 5.82 Å². The van der Waals surface area contributed by atoms with Gasteiger partial charge in [0.1, 0.15) is 11.6 Å². The SMILES string of the molecule is CSc1cnc(-c2ccc(N)cc2F)nc1N1CCOCC1. The van der Waals surface area contributed by atoms with Crippen molar-refractivity contribution in [2.45, 2.75) is 4.90 Å². The van der Waals surface area contributed by atoms with E-state index in [2.05, 4.69) is 14.9 Å². The van der Waals surface area contributed by atoms with Gasteiger partial charge in [0.25, 0.3) is 0 Å². The molecule has 7 heteroatoms. The molecule has 3 rings (SSSR count). The third kappa shape index (κ3) is 3.00. The highest BCUT2D eigenvalue weighted by molar-refractivity contribution is 7.98. The minimum atomic E-state index is -0.412. The molecular weight excluding hydrogens is 303 g/mol. The Morgan fingerprint density at radius 3 is 2.77 bits per heavy atom. The van der Waals surface area contributed by atoms with E-state index in [0.717, 1.165) is 23.8 Å². The average Bonchev–Trinajstić information content (AvgIpc) is 2.55. The molecule has 1 fully saturated rings. The number of nitrogens with zero attached hydrogens (tertiary/aromatic N) is 3. The van der Waals surface area contributed by atoms with Crippen LogP contribution in [0.2, 0.25) is 0 Å². The monoisotopic (exact) mass is 320 g/mol. The summed E-state index contributed by atoms with van der Waals surface area (Å²) in [5.74, 6) is 0.790. The summed E-state index contributed by atoms with van der Waals surface area (Å²) in [6.07, 6.45) is 3.72. The molecule has 0 aliphatic carbocycles. The molecule has 0 amide bonds. The van der Waals surface area contributed by atoms with Gasteiger partial charge in [0.05, 0.1) is 23.7 Å². The predicted octanol–water partition coefficient (Wildman–Crippen LogP) is 2.42. The number of thioether (sulfide) groups is 1. The first-order valence-electron chi connectivity index (χ1n) is 6.98. The number of hydrogen-bond donors (Lipinski definition) is 1. The van der Waals surface area contributed by atoms with Crippen LogP contribution in [0.1, 0.15) is 0 Å². The van der Waals surface area contributed by atoms with E-state index in [-0.39, 0.29) is 0 Å². The Morgan fingerprint density at radius 2 is 2.09 bits per heavy atom. The van der Waals surface area contributed by atoms with Crippen LogP contribution in [0.15, 0.2) is 29.3 Å². The van der Waals surface area contributed by atoms with E-state index in [1.54, 1.807) is 30.1 Å². The molecule has 2 aromatic rings. The molecule has 0 spiro atoms. The second-order valence-corrected chi connectivity index (χ2v) is 5.77. The number of anilines is 2. The van der Waals surface area contributed by atoms with Crippen LogP contribution in [0.25, 0.3) is 11.4 Å². The van der Waals surface area contributed by atoms with E-state index in [1.165, 1.54) is 6.07 Å². The summed E-state index contributed by atoms with van der Waals surface area (Å²) in [6.45, 7) is 2.88. The molecule has 1 saturated heterocycles. The van der Waals surface area contributed by atoms with Gasteiger partial charge in [0.2, 0.25) is 0 Å². The summed E-state index contributed by atoms with van der Waals surface area (Å²) in [5.41, 5.74) is 6.33. The molecule has 2 heterocycles. The van der Waals surface area contributed by atoms with Crippen LogP contribution >= 0.6 is 11.8 Å². The molecule has 1 aliphatic rings. The maximum absolute atomic E-state index is 14.1. The topological polar surface area (TPSA) is 64.3 Å². The highest BCUT2D eigenvalue weighted by atomic mass is 32.2. The summed E-state index contributed by atoms with van der Waals surface area (Å²) >= 11 is 1.58. The van der Waals surface area contributed by atoms with E-state index < -0.39 is 5.82 Å². The second-order valence-electron chi connectivity index (χ2n) is 4.92. The largest absolute Gasteiger partial charge is 0.399 e. The molecule has 2 N–H and O–H groups in total. The van der Waals surface area contributed by atoms with Crippen molar-refractivity contribution >= 4 is 23.3 Å². The molecule has 0 radical (unpaired) electrons. The molecule has 0 saturated carbocycles. The predicted molar refractivity (Wildman–Crippen MR) is 86.7 cm³/mol. The lowest BCUT2D eigenvalue weighted by Gasteiger charge is -2.29. The number of nitrogen functional groups attached to an aromatic ring is 1. The summed E-state index contributed by atoms with van der Waals surface area (Å²) < 4.78 is 19.5. The van der Waals surface area contributed by atoms with E-state index in [1.807, 2.05) is 6.26 Å². The molecule has 1 aromatic carbocycles. The summed E-state index contributed by atoms with van der Waals surface area (Å²) in [5, 5.41) is 0. The molecular formula is C15H17FN4OS. The Bertz CT molecular complexity index is 677. The summed E-state index contributed by atoms with van der Waals surface area (Å²) in [4.78, 5) is 12.0. The summed E-state index contributed by atoms with van der Waals surface area (Å²) in [7, 11) is 0. The Balaban J connectivity index is 2.02. The van der Waals surface area contributed by atoms with Gasteiger partial charge in [-0.3, -0.25) is 0 Å². The number of benzene rings is 1. The maximum Gasteiger partial charge on any atom is 0.164 e. The standard InChI is InChI=1S/C15H17FN4OS/c1-22-13-9-18-14(11-3-2-10(17)8-12(11)16)19-15(13)20-4-6-21-7-5-20/h2-3,8-9H,4-7,17H2,1H3. The van der Waals surface area contributed by atoms with Crippen molar-refractivity contribution in [3.8, 4) is 11.4 Å². The first-order chi connectivity index (χ1) is 10.7. The fourth-order valence-electron chi connectivity index (χ4n) is 2.35. The smallest absolute Gasteiger partial charge is 0.164 e. The van der Waals surface area contributed by atoms with E-state index >= 15 is 0 Å². The van der Waals surface area contributed by atoms with Crippen LogP contribution in [0.4, 0.5) is 15.9 Å². The first-order valence-corrected chi connectivity index (χ1v) is 8.20. The Morgan fingerprint density at radius 1 is 1.32 bits per heavy atom. The molecule has 0 atom stereocenters. The van der Waals surface area contributed by atoms with Gasteiger partial charge < -0.3 is 15.4 Å². The number of ether oxygens (including phenoxy) is 1. The van der Waals surface area contributed by atoms with E-state index in [4.69, 9.17) is 10.5 Å². The van der Waals surface area contributed by atoms with Crippen LogP contribution < -0.4 is 10.6 Å².